The first-order valence-electron chi connectivity index (χ1n) is 5.94. The maximum absolute atomic E-state index is 9.45. The molecule has 3 nitrogen and oxygen atoms in total. The summed E-state index contributed by atoms with van der Waals surface area (Å²) in [5.41, 5.74) is 1.69. The van der Waals surface area contributed by atoms with Crippen molar-refractivity contribution in [3.05, 3.63) is 58.6 Å². The highest BCUT2D eigenvalue weighted by molar-refractivity contribution is 6.32. The van der Waals surface area contributed by atoms with Gasteiger partial charge in [0.05, 0.1) is 11.1 Å². The van der Waals surface area contributed by atoms with Crippen LogP contribution in [0.25, 0.3) is 0 Å². The van der Waals surface area contributed by atoms with Crippen molar-refractivity contribution in [3.8, 4) is 11.5 Å². The summed E-state index contributed by atoms with van der Waals surface area (Å²) in [4.78, 5) is 0. The summed E-state index contributed by atoms with van der Waals surface area (Å²) in [7, 11) is 0. The Kier molecular flexibility index (Phi) is 4.30. The van der Waals surface area contributed by atoms with Gasteiger partial charge in [-0.1, -0.05) is 29.8 Å². The van der Waals surface area contributed by atoms with E-state index in [1.54, 1.807) is 49.4 Å². The number of benzene rings is 2. The highest BCUT2D eigenvalue weighted by atomic mass is 35.5. The quantitative estimate of drug-likeness (QED) is 0.897. The van der Waals surface area contributed by atoms with Crippen molar-refractivity contribution in [2.45, 2.75) is 19.6 Å². The van der Waals surface area contributed by atoms with Gasteiger partial charge in [0.2, 0.25) is 0 Å². The minimum atomic E-state index is -0.552. The molecule has 0 aliphatic rings. The molecule has 1 atom stereocenters. The Morgan fingerprint density at radius 3 is 2.42 bits per heavy atom. The average molecular weight is 279 g/mol. The molecule has 0 aliphatic carbocycles. The fourth-order valence-electron chi connectivity index (χ4n) is 1.65. The molecular formula is C15H15ClO3. The average Bonchev–Trinajstić information content (AvgIpc) is 2.39. The third kappa shape index (κ3) is 3.63. The molecule has 0 aromatic heterocycles. The zero-order valence-electron chi connectivity index (χ0n) is 10.5. The Balaban J connectivity index is 2.05. The van der Waals surface area contributed by atoms with Crippen molar-refractivity contribution < 1.29 is 14.9 Å². The fraction of sp³-hybridized carbons (Fsp3) is 0.200. The van der Waals surface area contributed by atoms with Gasteiger partial charge in [-0.3, -0.25) is 0 Å². The molecule has 4 heteroatoms. The van der Waals surface area contributed by atoms with Crippen LogP contribution in [0.3, 0.4) is 0 Å². The molecule has 0 unspecified atom stereocenters. The van der Waals surface area contributed by atoms with Gasteiger partial charge in [0.25, 0.3) is 0 Å². The first-order chi connectivity index (χ1) is 9.06. The molecule has 100 valence electrons. The lowest BCUT2D eigenvalue weighted by molar-refractivity contribution is 0.199. The Labute approximate surface area is 117 Å². The highest BCUT2D eigenvalue weighted by Gasteiger charge is 2.06. The maximum Gasteiger partial charge on any atom is 0.138 e. The van der Waals surface area contributed by atoms with Crippen molar-refractivity contribution in [2.75, 3.05) is 0 Å². The Morgan fingerprint density at radius 2 is 1.84 bits per heavy atom. The number of rotatable bonds is 4. The van der Waals surface area contributed by atoms with Crippen LogP contribution in [-0.4, -0.2) is 10.2 Å². The van der Waals surface area contributed by atoms with E-state index in [0.717, 1.165) is 11.1 Å². The molecule has 0 amide bonds. The minimum Gasteiger partial charge on any atom is -0.508 e. The summed E-state index contributed by atoms with van der Waals surface area (Å²) < 4.78 is 5.60. The van der Waals surface area contributed by atoms with Crippen molar-refractivity contribution >= 4 is 11.6 Å². The second kappa shape index (κ2) is 5.95. The largest absolute Gasteiger partial charge is 0.508 e. The molecule has 2 N–H and O–H groups in total. The van der Waals surface area contributed by atoms with Crippen molar-refractivity contribution in [3.63, 3.8) is 0 Å². The lowest BCUT2D eigenvalue weighted by atomic mass is 10.1. The van der Waals surface area contributed by atoms with Crippen LogP contribution in [0.5, 0.6) is 11.5 Å². The zero-order valence-corrected chi connectivity index (χ0v) is 11.3. The summed E-state index contributed by atoms with van der Waals surface area (Å²) >= 11 is 6.09. The molecule has 0 fully saturated rings. The molecule has 2 aromatic rings. The summed E-state index contributed by atoms with van der Waals surface area (Å²) in [5.74, 6) is 0.794. The van der Waals surface area contributed by atoms with E-state index >= 15 is 0 Å². The molecule has 0 bridgehead atoms. The van der Waals surface area contributed by atoms with Crippen LogP contribution in [0.15, 0.2) is 42.5 Å². The molecule has 2 rings (SSSR count). The van der Waals surface area contributed by atoms with Gasteiger partial charge >= 0.3 is 0 Å². The first kappa shape index (κ1) is 13.7. The summed E-state index contributed by atoms with van der Waals surface area (Å²) in [6, 6.07) is 12.0. The second-order valence-corrected chi connectivity index (χ2v) is 4.73. The fourth-order valence-corrected chi connectivity index (χ4v) is 1.89. The van der Waals surface area contributed by atoms with E-state index in [-0.39, 0.29) is 5.75 Å². The first-order valence-corrected chi connectivity index (χ1v) is 6.32. The van der Waals surface area contributed by atoms with Gasteiger partial charge in [-0.05, 0) is 42.3 Å². The molecule has 0 saturated heterocycles. The number of aliphatic hydroxyl groups excluding tert-OH is 1. The zero-order chi connectivity index (χ0) is 13.8. The number of hydrogen-bond acceptors (Lipinski definition) is 3. The highest BCUT2D eigenvalue weighted by Crippen LogP contribution is 2.28. The van der Waals surface area contributed by atoms with Crippen LogP contribution in [0.1, 0.15) is 24.2 Å². The Bertz CT molecular complexity index is 550. The van der Waals surface area contributed by atoms with Crippen LogP contribution in [0.4, 0.5) is 0 Å². The van der Waals surface area contributed by atoms with E-state index in [0.29, 0.717) is 17.4 Å². The van der Waals surface area contributed by atoms with Gasteiger partial charge in [0, 0.05) is 0 Å². The van der Waals surface area contributed by atoms with E-state index in [2.05, 4.69) is 0 Å². The van der Waals surface area contributed by atoms with E-state index in [4.69, 9.17) is 16.3 Å². The molecule has 0 aliphatic heterocycles. The van der Waals surface area contributed by atoms with Gasteiger partial charge in [-0.2, -0.15) is 0 Å². The van der Waals surface area contributed by atoms with E-state index in [1.165, 1.54) is 0 Å². The van der Waals surface area contributed by atoms with Gasteiger partial charge in [0.15, 0.2) is 0 Å². The van der Waals surface area contributed by atoms with Crippen LogP contribution >= 0.6 is 11.6 Å². The molecule has 2 aromatic carbocycles. The van der Waals surface area contributed by atoms with Crippen LogP contribution in [0.2, 0.25) is 5.02 Å². The van der Waals surface area contributed by atoms with Crippen molar-refractivity contribution in [1.82, 2.24) is 0 Å². The maximum atomic E-state index is 9.45. The molecular weight excluding hydrogens is 264 g/mol. The SMILES string of the molecule is C[C@H](O)c1ccc(OCc2ccc(O)cc2)c(Cl)c1. The van der Waals surface area contributed by atoms with Gasteiger partial charge in [-0.25, -0.2) is 0 Å². The number of halogens is 1. The number of phenolic OH excluding ortho intramolecular Hbond substituents is 1. The summed E-state index contributed by atoms with van der Waals surface area (Å²) in [5, 5.41) is 19.1. The van der Waals surface area contributed by atoms with Crippen molar-refractivity contribution in [1.29, 1.82) is 0 Å². The third-order valence-corrected chi connectivity index (χ3v) is 3.06. The third-order valence-electron chi connectivity index (χ3n) is 2.77. The Hall–Kier alpha value is -1.71. The smallest absolute Gasteiger partial charge is 0.138 e. The Morgan fingerprint density at radius 1 is 1.16 bits per heavy atom. The molecule has 0 radical (unpaired) electrons. The second-order valence-electron chi connectivity index (χ2n) is 4.32. The lowest BCUT2D eigenvalue weighted by Gasteiger charge is -2.11. The molecule has 19 heavy (non-hydrogen) atoms. The topological polar surface area (TPSA) is 49.7 Å². The number of ether oxygens (including phenoxy) is 1. The number of phenols is 1. The van der Waals surface area contributed by atoms with E-state index < -0.39 is 6.10 Å². The summed E-state index contributed by atoms with van der Waals surface area (Å²) in [6.07, 6.45) is -0.552. The van der Waals surface area contributed by atoms with E-state index in [1.807, 2.05) is 0 Å². The minimum absolute atomic E-state index is 0.225. The molecule has 0 spiro atoms. The van der Waals surface area contributed by atoms with Gasteiger partial charge in [0.1, 0.15) is 18.1 Å². The van der Waals surface area contributed by atoms with E-state index in [9.17, 15) is 10.2 Å². The standard InChI is InChI=1S/C15H15ClO3/c1-10(17)12-4-7-15(14(16)8-12)19-9-11-2-5-13(18)6-3-11/h2-8,10,17-18H,9H2,1H3/t10-/m0/s1. The van der Waals surface area contributed by atoms with Gasteiger partial charge < -0.3 is 14.9 Å². The normalized spacial score (nSPS) is 12.2. The molecule has 0 saturated carbocycles. The number of aromatic hydroxyl groups is 1. The van der Waals surface area contributed by atoms with Crippen LogP contribution < -0.4 is 4.74 Å². The predicted octanol–water partition coefficient (Wildman–Crippen LogP) is 3.68. The summed E-state index contributed by atoms with van der Waals surface area (Å²) in [6.45, 7) is 2.05. The number of aliphatic hydroxyl groups is 1. The van der Waals surface area contributed by atoms with Crippen molar-refractivity contribution in [2.24, 2.45) is 0 Å². The molecule has 0 heterocycles. The monoisotopic (exact) mass is 278 g/mol. The lowest BCUT2D eigenvalue weighted by Crippen LogP contribution is -1.97. The number of hydrogen-bond donors (Lipinski definition) is 2. The van der Waals surface area contributed by atoms with Gasteiger partial charge in [-0.15, -0.1) is 0 Å². The predicted molar refractivity (Wildman–Crippen MR) is 74.5 cm³/mol. The van der Waals surface area contributed by atoms with Crippen LogP contribution in [0, 0.1) is 0 Å². The van der Waals surface area contributed by atoms with Crippen LogP contribution in [-0.2, 0) is 6.61 Å².